The molecule has 0 saturated heterocycles. The van der Waals surface area contributed by atoms with E-state index in [1.807, 2.05) is 12.1 Å². The number of hydroxylamine groups is 1. The molecule has 0 aliphatic heterocycles. The molecule has 0 aromatic heterocycles. The van der Waals surface area contributed by atoms with Crippen LogP contribution >= 0.6 is 27.5 Å². The fraction of sp³-hybridized carbons (Fsp3) is 0.400. The molecule has 0 aliphatic rings. The third kappa shape index (κ3) is 3.33. The van der Waals surface area contributed by atoms with Crippen LogP contribution in [0.3, 0.4) is 0 Å². The first-order valence-electron chi connectivity index (χ1n) is 4.55. The number of nitrogens with zero attached hydrogens (tertiary/aromatic N) is 1. The quantitative estimate of drug-likeness (QED) is 0.349. The van der Waals surface area contributed by atoms with Gasteiger partial charge in [-0.25, -0.2) is 14.8 Å². The second kappa shape index (κ2) is 7.09. The molecule has 0 saturated carbocycles. The summed E-state index contributed by atoms with van der Waals surface area (Å²) in [5.74, 6) is 0. The van der Waals surface area contributed by atoms with E-state index in [4.69, 9.17) is 21.3 Å². The van der Waals surface area contributed by atoms with Gasteiger partial charge in [-0.15, -0.1) is 0 Å². The third-order valence-corrected chi connectivity index (χ3v) is 2.88. The van der Waals surface area contributed by atoms with Crippen LogP contribution in [0.2, 0.25) is 5.02 Å². The summed E-state index contributed by atoms with van der Waals surface area (Å²) in [4.78, 5) is 14.5. The van der Waals surface area contributed by atoms with Crippen LogP contribution < -0.4 is 5.06 Å². The molecule has 6 heteroatoms. The molecule has 0 bridgehead atoms. The number of hydrogen-bond donors (Lipinski definition) is 0. The minimum atomic E-state index is 0.136. The van der Waals surface area contributed by atoms with E-state index in [-0.39, 0.29) is 6.73 Å². The molecule has 0 aliphatic carbocycles. The van der Waals surface area contributed by atoms with Gasteiger partial charge < -0.3 is 0 Å². The molecule has 1 rings (SSSR count). The van der Waals surface area contributed by atoms with Gasteiger partial charge >= 0.3 is 0 Å². The molecule has 0 amide bonds. The molecule has 16 heavy (non-hydrogen) atoms. The van der Waals surface area contributed by atoms with Crippen molar-refractivity contribution in [2.24, 2.45) is 0 Å². The van der Waals surface area contributed by atoms with E-state index in [1.165, 1.54) is 12.2 Å². The molecule has 4 nitrogen and oxygen atoms in total. The maximum absolute atomic E-state index is 6.12. The number of hydrogen-bond acceptors (Lipinski definition) is 4. The Kier molecular flexibility index (Phi) is 6.08. The fourth-order valence-electron chi connectivity index (χ4n) is 1.26. The van der Waals surface area contributed by atoms with Crippen LogP contribution in [0.5, 0.6) is 0 Å². The molecule has 90 valence electrons. The maximum atomic E-state index is 6.12. The summed E-state index contributed by atoms with van der Waals surface area (Å²) in [6, 6.07) is 5.63. The van der Waals surface area contributed by atoms with Gasteiger partial charge in [0.1, 0.15) is 0 Å². The highest BCUT2D eigenvalue weighted by molar-refractivity contribution is 9.08. The number of para-hydroxylation sites is 1. The summed E-state index contributed by atoms with van der Waals surface area (Å²) in [6.45, 7) is 0.136. The Morgan fingerprint density at radius 2 is 2.12 bits per heavy atom. The van der Waals surface area contributed by atoms with E-state index in [0.717, 1.165) is 11.3 Å². The van der Waals surface area contributed by atoms with Gasteiger partial charge in [-0.05, 0) is 11.6 Å². The van der Waals surface area contributed by atoms with Crippen LogP contribution in [0.1, 0.15) is 5.56 Å². The molecule has 1 aromatic rings. The number of benzene rings is 1. The number of alkyl halides is 1. The Labute approximate surface area is 108 Å². The molecule has 0 heterocycles. The van der Waals surface area contributed by atoms with Crippen LogP contribution in [0.4, 0.5) is 5.69 Å². The van der Waals surface area contributed by atoms with E-state index >= 15 is 0 Å². The molecule has 0 unspecified atom stereocenters. The standard InChI is InChI=1S/C10H13BrClNO3/c1-14-13(7-16-15-2)10-8(6-11)4-3-5-9(10)12/h3-5H,6-7H2,1-2H3. The summed E-state index contributed by atoms with van der Waals surface area (Å²) < 4.78 is 0. The minimum absolute atomic E-state index is 0.136. The minimum Gasteiger partial charge on any atom is -0.274 e. The van der Waals surface area contributed by atoms with Gasteiger partial charge in [0.05, 0.1) is 24.9 Å². The first kappa shape index (κ1) is 13.7. The second-order valence-corrected chi connectivity index (χ2v) is 3.82. The summed E-state index contributed by atoms with van der Waals surface area (Å²) in [5, 5.41) is 2.79. The van der Waals surface area contributed by atoms with Crippen molar-refractivity contribution in [3.63, 3.8) is 0 Å². The highest BCUT2D eigenvalue weighted by atomic mass is 79.9. The van der Waals surface area contributed by atoms with Gasteiger partial charge in [0.2, 0.25) is 0 Å². The molecule has 1 aromatic carbocycles. The topological polar surface area (TPSA) is 30.9 Å². The van der Waals surface area contributed by atoms with Crippen LogP contribution in [0.15, 0.2) is 18.2 Å². The Bertz CT molecular complexity index is 338. The molecular formula is C10H13BrClNO3. The number of halogens is 2. The Morgan fingerprint density at radius 1 is 1.38 bits per heavy atom. The zero-order chi connectivity index (χ0) is 12.0. The van der Waals surface area contributed by atoms with Crippen molar-refractivity contribution in [1.82, 2.24) is 0 Å². The van der Waals surface area contributed by atoms with Crippen molar-refractivity contribution < 1.29 is 14.6 Å². The SMILES string of the molecule is COOCN(OC)c1c(Cl)cccc1CBr. The molecule has 0 spiro atoms. The molecule has 0 atom stereocenters. The number of anilines is 1. The van der Waals surface area contributed by atoms with E-state index in [1.54, 1.807) is 13.2 Å². The molecule has 0 fully saturated rings. The average Bonchev–Trinajstić information content (AvgIpc) is 2.31. The largest absolute Gasteiger partial charge is 0.274 e. The highest BCUT2D eigenvalue weighted by Crippen LogP contribution is 2.31. The second-order valence-electron chi connectivity index (χ2n) is 2.86. The Hall–Kier alpha value is -0.330. The molecular weight excluding hydrogens is 297 g/mol. The van der Waals surface area contributed by atoms with E-state index in [9.17, 15) is 0 Å². The predicted octanol–water partition coefficient (Wildman–Crippen LogP) is 3.14. The summed E-state index contributed by atoms with van der Waals surface area (Å²) in [6.07, 6.45) is 0. The van der Waals surface area contributed by atoms with Crippen molar-refractivity contribution in [2.45, 2.75) is 5.33 Å². The van der Waals surface area contributed by atoms with Crippen LogP contribution in [0, 0.1) is 0 Å². The van der Waals surface area contributed by atoms with Crippen LogP contribution in [-0.4, -0.2) is 21.0 Å². The average molecular weight is 311 g/mol. The van der Waals surface area contributed by atoms with Crippen LogP contribution in [-0.2, 0) is 19.9 Å². The lowest BCUT2D eigenvalue weighted by atomic mass is 10.2. The smallest absolute Gasteiger partial charge is 0.178 e. The lowest BCUT2D eigenvalue weighted by Gasteiger charge is -2.23. The lowest BCUT2D eigenvalue weighted by molar-refractivity contribution is -0.280. The summed E-state index contributed by atoms with van der Waals surface area (Å²) >= 11 is 9.52. The fourth-order valence-corrected chi connectivity index (χ4v) is 2.00. The van der Waals surface area contributed by atoms with Crippen LogP contribution in [0.25, 0.3) is 0 Å². The first-order chi connectivity index (χ1) is 7.74. The number of rotatable bonds is 6. The van der Waals surface area contributed by atoms with Gasteiger partial charge in [-0.3, -0.25) is 4.84 Å². The van der Waals surface area contributed by atoms with Crippen molar-refractivity contribution >= 4 is 33.2 Å². The van der Waals surface area contributed by atoms with Gasteiger partial charge in [0, 0.05) is 5.33 Å². The lowest BCUT2D eigenvalue weighted by Crippen LogP contribution is -2.26. The van der Waals surface area contributed by atoms with E-state index in [2.05, 4.69) is 20.8 Å². The summed E-state index contributed by atoms with van der Waals surface area (Å²) in [5.41, 5.74) is 1.77. The molecule has 0 N–H and O–H groups in total. The molecule has 0 radical (unpaired) electrons. The van der Waals surface area contributed by atoms with Gasteiger partial charge in [-0.1, -0.05) is 39.7 Å². The van der Waals surface area contributed by atoms with Crippen molar-refractivity contribution in [2.75, 3.05) is 26.0 Å². The highest BCUT2D eigenvalue weighted by Gasteiger charge is 2.14. The van der Waals surface area contributed by atoms with Gasteiger partial charge in [0.25, 0.3) is 0 Å². The zero-order valence-corrected chi connectivity index (χ0v) is 11.4. The predicted molar refractivity (Wildman–Crippen MR) is 66.5 cm³/mol. The monoisotopic (exact) mass is 309 g/mol. The Balaban J connectivity index is 2.97. The van der Waals surface area contributed by atoms with Gasteiger partial charge in [-0.2, -0.15) is 0 Å². The van der Waals surface area contributed by atoms with E-state index < -0.39 is 0 Å². The van der Waals surface area contributed by atoms with Gasteiger partial charge in [0.15, 0.2) is 6.73 Å². The summed E-state index contributed by atoms with van der Waals surface area (Å²) in [7, 11) is 2.98. The van der Waals surface area contributed by atoms with Crippen molar-refractivity contribution in [3.8, 4) is 0 Å². The van der Waals surface area contributed by atoms with E-state index in [0.29, 0.717) is 10.4 Å². The van der Waals surface area contributed by atoms with Crippen molar-refractivity contribution in [3.05, 3.63) is 28.8 Å². The first-order valence-corrected chi connectivity index (χ1v) is 6.05. The normalized spacial score (nSPS) is 10.5. The maximum Gasteiger partial charge on any atom is 0.178 e. The zero-order valence-electron chi connectivity index (χ0n) is 9.07. The van der Waals surface area contributed by atoms with Crippen molar-refractivity contribution in [1.29, 1.82) is 0 Å². The third-order valence-electron chi connectivity index (χ3n) is 1.97. The Morgan fingerprint density at radius 3 is 2.69 bits per heavy atom.